The molecule has 10 heteroatoms. The molecule has 2 amide bonds. The van der Waals surface area contributed by atoms with Crippen LogP contribution < -0.4 is 9.47 Å². The first-order valence-electron chi connectivity index (χ1n) is 10.1. The van der Waals surface area contributed by atoms with Gasteiger partial charge in [0.2, 0.25) is 0 Å². The molecular formula is C23H21BrFNO6S. The van der Waals surface area contributed by atoms with Crippen LogP contribution in [-0.2, 0) is 20.9 Å². The summed E-state index contributed by atoms with van der Waals surface area (Å²) in [5, 5.41) is -0.546. The molecule has 2 aromatic rings. The highest BCUT2D eigenvalue weighted by Crippen LogP contribution is 2.38. The molecule has 0 saturated carbocycles. The standard InChI is InChI=1S/C23H21BrFNO6S/c1-3-30-18-9-15(10-20-22(28)26(23(29)33-20)12-21(27)31-4-2)17(24)11-19(18)32-13-14-6-5-7-16(25)8-14/h5-11H,3-4,12-13H2,1-2H3/b20-10+. The van der Waals surface area contributed by atoms with E-state index in [1.54, 1.807) is 37.3 Å². The number of carbonyl (C=O) groups is 3. The van der Waals surface area contributed by atoms with Gasteiger partial charge in [0.1, 0.15) is 19.0 Å². The van der Waals surface area contributed by atoms with Gasteiger partial charge >= 0.3 is 5.97 Å². The molecule has 0 aliphatic carbocycles. The van der Waals surface area contributed by atoms with Gasteiger partial charge < -0.3 is 14.2 Å². The Morgan fingerprint density at radius 1 is 1.12 bits per heavy atom. The molecule has 0 spiro atoms. The van der Waals surface area contributed by atoms with Crippen molar-refractivity contribution in [1.82, 2.24) is 4.90 Å². The molecule has 0 N–H and O–H groups in total. The second kappa shape index (κ2) is 11.3. The van der Waals surface area contributed by atoms with Gasteiger partial charge in [-0.05, 0) is 67.1 Å². The lowest BCUT2D eigenvalue weighted by Crippen LogP contribution is -2.34. The van der Waals surface area contributed by atoms with Gasteiger partial charge in [0.15, 0.2) is 11.5 Å². The van der Waals surface area contributed by atoms with Crippen LogP contribution in [0.4, 0.5) is 9.18 Å². The Labute approximate surface area is 203 Å². The van der Waals surface area contributed by atoms with Crippen LogP contribution in [0, 0.1) is 5.82 Å². The molecule has 0 bridgehead atoms. The Balaban J connectivity index is 1.82. The molecule has 1 heterocycles. The molecule has 0 atom stereocenters. The number of hydrogen-bond acceptors (Lipinski definition) is 7. The topological polar surface area (TPSA) is 82.1 Å². The summed E-state index contributed by atoms with van der Waals surface area (Å²) in [7, 11) is 0. The SMILES string of the molecule is CCOC(=O)CN1C(=O)S/C(=C/c2cc(OCC)c(OCc3cccc(F)c3)cc2Br)C1=O. The third kappa shape index (κ3) is 6.35. The molecule has 1 saturated heterocycles. The third-order valence-electron chi connectivity index (χ3n) is 4.40. The Hall–Kier alpha value is -2.85. The van der Waals surface area contributed by atoms with E-state index in [-0.39, 0.29) is 23.9 Å². The van der Waals surface area contributed by atoms with Crippen molar-refractivity contribution < 1.29 is 33.0 Å². The number of ether oxygens (including phenoxy) is 3. The number of amides is 2. The quantitative estimate of drug-likeness (QED) is 0.322. The summed E-state index contributed by atoms with van der Waals surface area (Å²) in [6.07, 6.45) is 1.54. The average Bonchev–Trinajstić information content (AvgIpc) is 3.02. The molecular weight excluding hydrogens is 517 g/mol. The molecule has 1 fully saturated rings. The van der Waals surface area contributed by atoms with Gasteiger partial charge in [-0.3, -0.25) is 19.3 Å². The van der Waals surface area contributed by atoms with Crippen molar-refractivity contribution in [3.63, 3.8) is 0 Å². The Morgan fingerprint density at radius 3 is 2.58 bits per heavy atom. The van der Waals surface area contributed by atoms with E-state index in [1.807, 2.05) is 6.92 Å². The van der Waals surface area contributed by atoms with Crippen molar-refractivity contribution >= 4 is 50.9 Å². The second-order valence-corrected chi connectivity index (χ2v) is 8.59. The third-order valence-corrected chi connectivity index (χ3v) is 5.99. The Kier molecular flexibility index (Phi) is 8.51. The maximum Gasteiger partial charge on any atom is 0.326 e. The van der Waals surface area contributed by atoms with E-state index in [4.69, 9.17) is 14.2 Å². The van der Waals surface area contributed by atoms with E-state index < -0.39 is 23.7 Å². The summed E-state index contributed by atoms with van der Waals surface area (Å²) >= 11 is 4.20. The molecule has 1 aliphatic rings. The lowest BCUT2D eigenvalue weighted by molar-refractivity contribution is -0.145. The smallest absolute Gasteiger partial charge is 0.326 e. The van der Waals surface area contributed by atoms with Crippen molar-refractivity contribution in [2.75, 3.05) is 19.8 Å². The van der Waals surface area contributed by atoms with Crippen LogP contribution in [-0.4, -0.2) is 41.8 Å². The predicted molar refractivity (Wildman–Crippen MR) is 125 cm³/mol. The van der Waals surface area contributed by atoms with Gasteiger partial charge in [-0.25, -0.2) is 4.39 Å². The normalized spacial score (nSPS) is 14.7. The largest absolute Gasteiger partial charge is 0.490 e. The van der Waals surface area contributed by atoms with Crippen LogP contribution in [0.3, 0.4) is 0 Å². The van der Waals surface area contributed by atoms with Crippen molar-refractivity contribution in [1.29, 1.82) is 0 Å². The zero-order valence-corrected chi connectivity index (χ0v) is 20.3. The Morgan fingerprint density at radius 2 is 1.88 bits per heavy atom. The molecule has 0 unspecified atom stereocenters. The highest BCUT2D eigenvalue weighted by atomic mass is 79.9. The minimum absolute atomic E-state index is 0.135. The fourth-order valence-electron chi connectivity index (χ4n) is 2.94. The van der Waals surface area contributed by atoms with Crippen LogP contribution in [0.2, 0.25) is 0 Å². The van der Waals surface area contributed by atoms with E-state index >= 15 is 0 Å². The fourth-order valence-corrected chi connectivity index (χ4v) is 4.21. The predicted octanol–water partition coefficient (Wildman–Crippen LogP) is 5.17. The minimum atomic E-state index is -0.652. The molecule has 33 heavy (non-hydrogen) atoms. The van der Waals surface area contributed by atoms with Crippen molar-refractivity contribution in [3.05, 3.63) is 62.7 Å². The summed E-state index contributed by atoms with van der Waals surface area (Å²) in [6, 6.07) is 9.45. The molecule has 1 aliphatic heterocycles. The van der Waals surface area contributed by atoms with Crippen LogP contribution in [0.5, 0.6) is 11.5 Å². The van der Waals surface area contributed by atoms with E-state index in [0.717, 1.165) is 16.7 Å². The number of benzene rings is 2. The van der Waals surface area contributed by atoms with Crippen LogP contribution in [0.25, 0.3) is 6.08 Å². The fraction of sp³-hybridized carbons (Fsp3) is 0.261. The van der Waals surface area contributed by atoms with E-state index in [9.17, 15) is 18.8 Å². The molecule has 2 aromatic carbocycles. The van der Waals surface area contributed by atoms with Crippen LogP contribution >= 0.6 is 27.7 Å². The van der Waals surface area contributed by atoms with Crippen LogP contribution in [0.15, 0.2) is 45.8 Å². The van der Waals surface area contributed by atoms with Crippen molar-refractivity contribution in [2.24, 2.45) is 0 Å². The monoisotopic (exact) mass is 537 g/mol. The molecule has 0 aromatic heterocycles. The maximum atomic E-state index is 13.4. The number of esters is 1. The number of carbonyl (C=O) groups excluding carboxylic acids is 3. The summed E-state index contributed by atoms with van der Waals surface area (Å²) in [6.45, 7) is 3.69. The highest BCUT2D eigenvalue weighted by Gasteiger charge is 2.36. The van der Waals surface area contributed by atoms with Crippen molar-refractivity contribution in [2.45, 2.75) is 20.5 Å². The molecule has 3 rings (SSSR count). The number of rotatable bonds is 9. The van der Waals surface area contributed by atoms with Crippen molar-refractivity contribution in [3.8, 4) is 11.5 Å². The lowest BCUT2D eigenvalue weighted by Gasteiger charge is -2.14. The first-order valence-corrected chi connectivity index (χ1v) is 11.7. The molecule has 0 radical (unpaired) electrons. The number of thioether (sulfide) groups is 1. The number of halogens is 2. The summed E-state index contributed by atoms with van der Waals surface area (Å²) in [4.78, 5) is 37.6. The van der Waals surface area contributed by atoms with E-state index in [1.165, 1.54) is 12.1 Å². The lowest BCUT2D eigenvalue weighted by atomic mass is 10.1. The first-order chi connectivity index (χ1) is 15.8. The zero-order valence-electron chi connectivity index (χ0n) is 17.9. The second-order valence-electron chi connectivity index (χ2n) is 6.74. The highest BCUT2D eigenvalue weighted by molar-refractivity contribution is 9.10. The number of hydrogen-bond donors (Lipinski definition) is 0. The molecule has 174 valence electrons. The zero-order chi connectivity index (χ0) is 24.0. The van der Waals surface area contributed by atoms with Crippen LogP contribution in [0.1, 0.15) is 25.0 Å². The number of imide groups is 1. The first kappa shape index (κ1) is 24.8. The number of nitrogens with zero attached hydrogens (tertiary/aromatic N) is 1. The maximum absolute atomic E-state index is 13.4. The van der Waals surface area contributed by atoms with E-state index in [2.05, 4.69) is 15.9 Å². The van der Waals surface area contributed by atoms with Gasteiger partial charge in [0.25, 0.3) is 11.1 Å². The van der Waals surface area contributed by atoms with E-state index in [0.29, 0.717) is 33.7 Å². The van der Waals surface area contributed by atoms with Gasteiger partial charge in [0.05, 0.1) is 18.1 Å². The van der Waals surface area contributed by atoms with Gasteiger partial charge in [-0.1, -0.05) is 28.1 Å². The average molecular weight is 538 g/mol. The summed E-state index contributed by atoms with van der Waals surface area (Å²) < 4.78 is 30.3. The summed E-state index contributed by atoms with van der Waals surface area (Å²) in [5.74, 6) is -0.723. The summed E-state index contributed by atoms with van der Waals surface area (Å²) in [5.41, 5.74) is 1.24. The van der Waals surface area contributed by atoms with Gasteiger partial charge in [-0.15, -0.1) is 0 Å². The molecule has 7 nitrogen and oxygen atoms in total. The van der Waals surface area contributed by atoms with Gasteiger partial charge in [0, 0.05) is 4.47 Å². The Bertz CT molecular complexity index is 1110. The minimum Gasteiger partial charge on any atom is -0.490 e. The van der Waals surface area contributed by atoms with Gasteiger partial charge in [-0.2, -0.15) is 0 Å².